The van der Waals surface area contributed by atoms with E-state index in [0.29, 0.717) is 16.8 Å². The smallest absolute Gasteiger partial charge is 0.357 e. The van der Waals surface area contributed by atoms with E-state index in [-0.39, 0.29) is 21.2 Å². The molecule has 2 aromatic rings. The van der Waals surface area contributed by atoms with Crippen LogP contribution in [0.5, 0.6) is 0 Å². The van der Waals surface area contributed by atoms with Gasteiger partial charge in [0.25, 0.3) is 0 Å². The molecule has 1 atom stereocenters. The van der Waals surface area contributed by atoms with Crippen molar-refractivity contribution < 1.29 is 17.4 Å². The Morgan fingerprint density at radius 3 is 2.15 bits per heavy atom. The molecular formula is C18H20ClF3N2O2S. The molecule has 0 aliphatic rings. The number of aromatic amines is 1. The van der Waals surface area contributed by atoms with Crippen LogP contribution in [0.1, 0.15) is 30.7 Å². The van der Waals surface area contributed by atoms with E-state index in [2.05, 4.69) is 4.98 Å². The summed E-state index contributed by atoms with van der Waals surface area (Å²) in [4.78, 5) is 15.1. The summed E-state index contributed by atoms with van der Waals surface area (Å²) >= 11 is 6.16. The topological polar surface area (TPSA) is 73.8 Å². The van der Waals surface area contributed by atoms with Crippen molar-refractivity contribution in [1.29, 1.82) is 4.78 Å². The Morgan fingerprint density at radius 2 is 1.70 bits per heavy atom. The molecule has 9 heteroatoms. The van der Waals surface area contributed by atoms with Gasteiger partial charge in [-0.1, -0.05) is 17.7 Å². The first-order valence-electron chi connectivity index (χ1n) is 7.93. The van der Waals surface area contributed by atoms with Crippen LogP contribution in [0.3, 0.4) is 0 Å². The van der Waals surface area contributed by atoms with Crippen LogP contribution >= 0.6 is 11.6 Å². The van der Waals surface area contributed by atoms with E-state index < -0.39 is 26.7 Å². The van der Waals surface area contributed by atoms with Gasteiger partial charge in [0.15, 0.2) is 5.43 Å². The molecule has 0 unspecified atom stereocenters. The Morgan fingerprint density at radius 1 is 1.15 bits per heavy atom. The van der Waals surface area contributed by atoms with E-state index in [1.165, 1.54) is 25.1 Å². The molecule has 27 heavy (non-hydrogen) atoms. The number of hydrogen-bond donors (Lipinski definition) is 2. The fraction of sp³-hybridized carbons (Fsp3) is 0.389. The minimum absolute atomic E-state index is 0.0589. The summed E-state index contributed by atoms with van der Waals surface area (Å²) in [7, 11) is -3.22. The Hall–Kier alpha value is -1.80. The number of aryl methyl sites for hydroxylation is 2. The largest absolute Gasteiger partial charge is 0.397 e. The number of benzene rings is 1. The minimum Gasteiger partial charge on any atom is -0.357 e. The van der Waals surface area contributed by atoms with Crippen LogP contribution in [0.25, 0.3) is 11.3 Å². The van der Waals surface area contributed by atoms with E-state index in [9.17, 15) is 22.2 Å². The average Bonchev–Trinajstić information content (AvgIpc) is 2.45. The second kappa shape index (κ2) is 6.67. The van der Waals surface area contributed by atoms with Crippen LogP contribution in [-0.2, 0) is 15.1 Å². The molecule has 0 radical (unpaired) electrons. The van der Waals surface area contributed by atoms with Gasteiger partial charge in [-0.05, 0) is 44.9 Å². The lowest BCUT2D eigenvalue weighted by molar-refractivity contribution is -0.180. The van der Waals surface area contributed by atoms with Gasteiger partial charge in [-0.2, -0.15) is 13.2 Å². The number of rotatable bonds is 3. The minimum atomic E-state index is -4.48. The molecule has 0 spiro atoms. The normalized spacial score (nSPS) is 14.9. The van der Waals surface area contributed by atoms with E-state index in [1.54, 1.807) is 6.92 Å². The third kappa shape index (κ3) is 3.91. The Kier molecular flexibility index (Phi) is 5.31. The molecular weight excluding hydrogens is 401 g/mol. The third-order valence-electron chi connectivity index (χ3n) is 4.54. The maximum absolute atomic E-state index is 13.4. The maximum atomic E-state index is 13.4. The summed E-state index contributed by atoms with van der Waals surface area (Å²) in [6.45, 7) is 5.26. The molecule has 2 rings (SSSR count). The molecule has 0 saturated carbocycles. The van der Waals surface area contributed by atoms with Gasteiger partial charge in [-0.25, -0.2) is 8.99 Å². The van der Waals surface area contributed by atoms with Crippen molar-refractivity contribution in [2.24, 2.45) is 0 Å². The Bertz CT molecular complexity index is 1070. The molecule has 1 aromatic heterocycles. The van der Waals surface area contributed by atoms with Crippen molar-refractivity contribution in [1.82, 2.24) is 4.98 Å². The second-order valence-corrected chi connectivity index (χ2v) is 9.62. The van der Waals surface area contributed by atoms with Gasteiger partial charge in [0.05, 0.1) is 15.1 Å². The summed E-state index contributed by atoms with van der Waals surface area (Å²) in [5.41, 5.74) is -1.20. The monoisotopic (exact) mass is 420 g/mol. The van der Waals surface area contributed by atoms with Crippen LogP contribution in [0.4, 0.5) is 13.2 Å². The number of aromatic nitrogens is 1. The number of nitrogens with one attached hydrogen (secondary N) is 2. The SMILES string of the molecule is Cc1cc(C(C)(C)C(F)(F)F)c(Cl)cc1-c1cc(=O)c([S@](C)(=N)=O)c(C)[nH]1. The van der Waals surface area contributed by atoms with Gasteiger partial charge in [-0.3, -0.25) is 4.79 Å². The van der Waals surface area contributed by atoms with Crippen molar-refractivity contribution >= 4 is 21.3 Å². The zero-order valence-corrected chi connectivity index (χ0v) is 17.0. The van der Waals surface area contributed by atoms with E-state index >= 15 is 0 Å². The fourth-order valence-corrected chi connectivity index (χ4v) is 4.39. The van der Waals surface area contributed by atoms with Gasteiger partial charge < -0.3 is 4.98 Å². The number of pyridine rings is 1. The van der Waals surface area contributed by atoms with E-state index in [4.69, 9.17) is 16.4 Å². The molecule has 4 nitrogen and oxygen atoms in total. The first-order chi connectivity index (χ1) is 12.1. The summed E-state index contributed by atoms with van der Waals surface area (Å²) in [5.74, 6) is 0. The van der Waals surface area contributed by atoms with Crippen molar-refractivity contribution in [3.8, 4) is 11.3 Å². The molecule has 0 amide bonds. The number of halogens is 4. The molecule has 1 aromatic carbocycles. The maximum Gasteiger partial charge on any atom is 0.397 e. The predicted octanol–water partition coefficient (Wildman–Crippen LogP) is 5.19. The highest BCUT2D eigenvalue weighted by Crippen LogP contribution is 2.44. The molecule has 0 aliphatic heterocycles. The van der Waals surface area contributed by atoms with E-state index in [1.807, 2.05) is 0 Å². The first-order valence-corrected chi connectivity index (χ1v) is 10.3. The number of hydrogen-bond acceptors (Lipinski definition) is 3. The lowest BCUT2D eigenvalue weighted by atomic mass is 9.82. The van der Waals surface area contributed by atoms with Crippen LogP contribution in [-0.4, -0.2) is 21.6 Å². The van der Waals surface area contributed by atoms with Gasteiger partial charge in [0.2, 0.25) is 0 Å². The molecule has 0 bridgehead atoms. The molecule has 0 saturated heterocycles. The molecule has 0 aliphatic carbocycles. The Labute approximate surface area is 160 Å². The van der Waals surface area contributed by atoms with E-state index in [0.717, 1.165) is 20.1 Å². The van der Waals surface area contributed by atoms with Crippen molar-refractivity contribution in [3.05, 3.63) is 50.3 Å². The van der Waals surface area contributed by atoms with Crippen LogP contribution in [0, 0.1) is 18.6 Å². The van der Waals surface area contributed by atoms with Gasteiger partial charge >= 0.3 is 6.18 Å². The fourth-order valence-electron chi connectivity index (χ4n) is 2.91. The molecule has 0 fully saturated rings. The van der Waals surface area contributed by atoms with Gasteiger partial charge in [0.1, 0.15) is 4.90 Å². The number of H-pyrrole nitrogens is 1. The zero-order valence-electron chi connectivity index (χ0n) is 15.5. The summed E-state index contributed by atoms with van der Waals surface area (Å²) < 4.78 is 59.7. The molecule has 148 valence electrons. The van der Waals surface area contributed by atoms with Crippen molar-refractivity contribution in [3.63, 3.8) is 0 Å². The Balaban J connectivity index is 2.70. The summed E-state index contributed by atoms with van der Waals surface area (Å²) in [6, 6.07) is 3.93. The van der Waals surface area contributed by atoms with Crippen molar-refractivity contribution in [2.75, 3.05) is 6.26 Å². The van der Waals surface area contributed by atoms with Crippen molar-refractivity contribution in [2.45, 2.75) is 44.2 Å². The number of alkyl halides is 3. The van der Waals surface area contributed by atoms with Crippen LogP contribution in [0.2, 0.25) is 5.02 Å². The highest BCUT2D eigenvalue weighted by Gasteiger charge is 2.49. The molecule has 2 N–H and O–H groups in total. The first kappa shape index (κ1) is 21.5. The highest BCUT2D eigenvalue weighted by molar-refractivity contribution is 7.91. The predicted molar refractivity (Wildman–Crippen MR) is 101 cm³/mol. The summed E-state index contributed by atoms with van der Waals surface area (Å²) in [5, 5.41) is -0.0692. The quantitative estimate of drug-likeness (QED) is 0.717. The second-order valence-electron chi connectivity index (χ2n) is 7.11. The third-order valence-corrected chi connectivity index (χ3v) is 6.14. The van der Waals surface area contributed by atoms with Gasteiger partial charge in [-0.15, -0.1) is 0 Å². The standard InChI is InChI=1S/C18H20ClF3N2O2S/c1-9-6-12(17(3,4)18(20,21)22)13(19)7-11(9)14-8-15(25)16(10(2)24-14)27(5,23)26/h6-8,23H,1-5H3,(H,24,25)/t27-/m1/s1. The summed E-state index contributed by atoms with van der Waals surface area (Å²) in [6.07, 6.45) is -3.33. The van der Waals surface area contributed by atoms with Gasteiger partial charge in [0, 0.05) is 34.3 Å². The highest BCUT2D eigenvalue weighted by atomic mass is 35.5. The lowest BCUT2D eigenvalue weighted by Crippen LogP contribution is -2.36. The van der Waals surface area contributed by atoms with Crippen LogP contribution in [0.15, 0.2) is 27.9 Å². The van der Waals surface area contributed by atoms with Crippen LogP contribution < -0.4 is 5.43 Å². The molecule has 1 heterocycles. The zero-order chi connectivity index (χ0) is 20.9. The lowest BCUT2D eigenvalue weighted by Gasteiger charge is -2.30. The average molecular weight is 421 g/mol.